The number of rotatable bonds is 5. The van der Waals surface area contributed by atoms with Crippen molar-refractivity contribution < 1.29 is 4.39 Å². The van der Waals surface area contributed by atoms with Crippen molar-refractivity contribution in [3.63, 3.8) is 0 Å². The van der Waals surface area contributed by atoms with Crippen molar-refractivity contribution in [2.24, 2.45) is 5.92 Å². The minimum Gasteiger partial charge on any atom is -0.311 e. The molecule has 2 rings (SSSR count). The lowest BCUT2D eigenvalue weighted by atomic mass is 9.57. The minimum absolute atomic E-state index is 0.107. The molecule has 1 aromatic rings. The van der Waals surface area contributed by atoms with Gasteiger partial charge in [0.15, 0.2) is 0 Å². The predicted molar refractivity (Wildman–Crippen MR) is 83.5 cm³/mol. The SMILES string of the molecule is CCCC1CC(CNC(C)(C)C)(c2cccc(F)c2)C1. The molecular weight excluding hydrogens is 249 g/mol. The monoisotopic (exact) mass is 277 g/mol. The van der Waals surface area contributed by atoms with Crippen LogP contribution in [0.5, 0.6) is 0 Å². The zero-order valence-corrected chi connectivity index (χ0v) is 13.3. The fraction of sp³-hybridized carbons (Fsp3) is 0.667. The molecule has 1 aromatic carbocycles. The number of halogens is 1. The maximum absolute atomic E-state index is 13.6. The molecule has 1 N–H and O–H groups in total. The molecular formula is C18H28FN. The summed E-state index contributed by atoms with van der Waals surface area (Å²) in [4.78, 5) is 0. The van der Waals surface area contributed by atoms with Crippen LogP contribution in [0.15, 0.2) is 24.3 Å². The van der Waals surface area contributed by atoms with Gasteiger partial charge in [0.05, 0.1) is 0 Å². The Bertz CT molecular complexity index is 441. The van der Waals surface area contributed by atoms with Crippen LogP contribution in [0.2, 0.25) is 0 Å². The van der Waals surface area contributed by atoms with Gasteiger partial charge in [0.2, 0.25) is 0 Å². The molecule has 0 aliphatic heterocycles. The summed E-state index contributed by atoms with van der Waals surface area (Å²) in [6.07, 6.45) is 4.92. The summed E-state index contributed by atoms with van der Waals surface area (Å²) in [7, 11) is 0. The van der Waals surface area contributed by atoms with Crippen LogP contribution in [-0.4, -0.2) is 12.1 Å². The highest BCUT2D eigenvalue weighted by Crippen LogP contribution is 2.49. The second kappa shape index (κ2) is 5.85. The third-order valence-corrected chi connectivity index (χ3v) is 4.45. The van der Waals surface area contributed by atoms with Gasteiger partial charge in [0.1, 0.15) is 5.82 Å². The fourth-order valence-corrected chi connectivity index (χ4v) is 3.39. The van der Waals surface area contributed by atoms with E-state index in [0.29, 0.717) is 0 Å². The highest BCUT2D eigenvalue weighted by Gasteiger charge is 2.45. The third-order valence-electron chi connectivity index (χ3n) is 4.45. The minimum atomic E-state index is -0.114. The van der Waals surface area contributed by atoms with E-state index in [9.17, 15) is 4.39 Å². The van der Waals surface area contributed by atoms with Gasteiger partial charge in [0.25, 0.3) is 0 Å². The second-order valence-electron chi connectivity index (χ2n) is 7.46. The van der Waals surface area contributed by atoms with Gasteiger partial charge in [-0.05, 0) is 57.2 Å². The standard InChI is InChI=1S/C18H28FN/c1-5-7-14-11-18(12-14,13-20-17(2,3)4)15-8-6-9-16(19)10-15/h6,8-10,14,20H,5,7,11-13H2,1-4H3. The average Bonchev–Trinajstić information content (AvgIpc) is 2.31. The highest BCUT2D eigenvalue weighted by atomic mass is 19.1. The Kier molecular flexibility index (Phi) is 4.53. The van der Waals surface area contributed by atoms with Gasteiger partial charge in [-0.1, -0.05) is 31.9 Å². The fourth-order valence-electron chi connectivity index (χ4n) is 3.39. The molecule has 0 bridgehead atoms. The molecule has 1 nitrogen and oxygen atoms in total. The number of benzene rings is 1. The molecule has 0 radical (unpaired) electrons. The first-order chi connectivity index (χ1) is 9.35. The van der Waals surface area contributed by atoms with Crippen LogP contribution in [0.25, 0.3) is 0 Å². The van der Waals surface area contributed by atoms with Crippen molar-refractivity contribution in [1.29, 1.82) is 0 Å². The van der Waals surface area contributed by atoms with Crippen molar-refractivity contribution in [1.82, 2.24) is 5.32 Å². The van der Waals surface area contributed by atoms with E-state index >= 15 is 0 Å². The Labute approximate surface area is 123 Å². The van der Waals surface area contributed by atoms with Gasteiger partial charge < -0.3 is 5.32 Å². The molecule has 1 aliphatic carbocycles. The van der Waals surface area contributed by atoms with Gasteiger partial charge in [-0.25, -0.2) is 4.39 Å². The van der Waals surface area contributed by atoms with E-state index in [1.165, 1.54) is 37.3 Å². The van der Waals surface area contributed by atoms with E-state index in [0.717, 1.165) is 12.5 Å². The van der Waals surface area contributed by atoms with Crippen molar-refractivity contribution in [2.75, 3.05) is 6.54 Å². The van der Waals surface area contributed by atoms with E-state index < -0.39 is 0 Å². The van der Waals surface area contributed by atoms with E-state index in [1.54, 1.807) is 6.07 Å². The highest BCUT2D eigenvalue weighted by molar-refractivity contribution is 5.30. The Morgan fingerprint density at radius 3 is 2.55 bits per heavy atom. The molecule has 1 fully saturated rings. The molecule has 1 saturated carbocycles. The second-order valence-corrected chi connectivity index (χ2v) is 7.46. The quantitative estimate of drug-likeness (QED) is 0.825. The summed E-state index contributed by atoms with van der Waals surface area (Å²) in [6.45, 7) is 9.76. The zero-order valence-electron chi connectivity index (χ0n) is 13.3. The van der Waals surface area contributed by atoms with E-state index in [4.69, 9.17) is 0 Å². The Morgan fingerprint density at radius 2 is 2.00 bits per heavy atom. The molecule has 20 heavy (non-hydrogen) atoms. The maximum Gasteiger partial charge on any atom is 0.123 e. The summed E-state index contributed by atoms with van der Waals surface area (Å²) in [6, 6.07) is 7.20. The van der Waals surface area contributed by atoms with Crippen LogP contribution in [0, 0.1) is 11.7 Å². The first kappa shape index (κ1) is 15.5. The number of nitrogens with one attached hydrogen (secondary N) is 1. The molecule has 0 amide bonds. The summed E-state index contributed by atoms with van der Waals surface area (Å²) >= 11 is 0. The lowest BCUT2D eigenvalue weighted by molar-refractivity contribution is 0.119. The third kappa shape index (κ3) is 3.60. The topological polar surface area (TPSA) is 12.0 Å². The summed E-state index contributed by atoms with van der Waals surface area (Å²) < 4.78 is 13.6. The molecule has 0 aromatic heterocycles. The van der Waals surface area contributed by atoms with Gasteiger partial charge >= 0.3 is 0 Å². The molecule has 0 spiro atoms. The van der Waals surface area contributed by atoms with Crippen LogP contribution in [0.1, 0.15) is 58.9 Å². The van der Waals surface area contributed by atoms with Gasteiger partial charge in [-0.15, -0.1) is 0 Å². The molecule has 0 heterocycles. The Balaban J connectivity index is 2.14. The first-order valence-corrected chi connectivity index (χ1v) is 7.86. The maximum atomic E-state index is 13.6. The predicted octanol–water partition coefficient (Wildman–Crippen LogP) is 4.66. The van der Waals surface area contributed by atoms with Gasteiger partial charge in [-0.2, -0.15) is 0 Å². The Hall–Kier alpha value is -0.890. The largest absolute Gasteiger partial charge is 0.311 e. The summed E-state index contributed by atoms with van der Waals surface area (Å²) in [5.41, 5.74) is 1.41. The van der Waals surface area contributed by atoms with Gasteiger partial charge in [-0.3, -0.25) is 0 Å². The molecule has 2 heteroatoms. The summed E-state index contributed by atoms with van der Waals surface area (Å²) in [5, 5.41) is 3.62. The lowest BCUT2D eigenvalue weighted by Crippen LogP contribution is -2.52. The smallest absolute Gasteiger partial charge is 0.123 e. The lowest BCUT2D eigenvalue weighted by Gasteiger charge is -2.50. The molecule has 0 unspecified atom stereocenters. The molecule has 112 valence electrons. The van der Waals surface area contributed by atoms with E-state index in [1.807, 2.05) is 6.07 Å². The number of hydrogen-bond donors (Lipinski definition) is 1. The molecule has 1 aliphatic rings. The molecule has 0 saturated heterocycles. The first-order valence-electron chi connectivity index (χ1n) is 7.86. The van der Waals surface area contributed by atoms with Crippen LogP contribution in [0.3, 0.4) is 0 Å². The Morgan fingerprint density at radius 1 is 1.30 bits per heavy atom. The molecule has 0 atom stereocenters. The van der Waals surface area contributed by atoms with Crippen LogP contribution in [-0.2, 0) is 5.41 Å². The van der Waals surface area contributed by atoms with Crippen molar-refractivity contribution in [3.05, 3.63) is 35.6 Å². The zero-order chi connectivity index (χ0) is 14.8. The normalized spacial score (nSPS) is 26.4. The van der Waals surface area contributed by atoms with E-state index in [-0.39, 0.29) is 16.8 Å². The van der Waals surface area contributed by atoms with Crippen LogP contribution >= 0.6 is 0 Å². The van der Waals surface area contributed by atoms with Crippen molar-refractivity contribution >= 4 is 0 Å². The van der Waals surface area contributed by atoms with Crippen LogP contribution < -0.4 is 5.32 Å². The summed E-state index contributed by atoms with van der Waals surface area (Å²) in [5.74, 6) is 0.696. The van der Waals surface area contributed by atoms with Crippen LogP contribution in [0.4, 0.5) is 4.39 Å². The van der Waals surface area contributed by atoms with Gasteiger partial charge in [0, 0.05) is 17.5 Å². The van der Waals surface area contributed by atoms with Crippen molar-refractivity contribution in [2.45, 2.75) is 64.3 Å². The average molecular weight is 277 g/mol. The van der Waals surface area contributed by atoms with E-state index in [2.05, 4.69) is 39.1 Å². The van der Waals surface area contributed by atoms with Crippen molar-refractivity contribution in [3.8, 4) is 0 Å². The number of hydrogen-bond acceptors (Lipinski definition) is 1.